The Morgan fingerprint density at radius 1 is 1.12 bits per heavy atom. The quantitative estimate of drug-likeness (QED) is 0.438. The molecule has 0 radical (unpaired) electrons. The molecule has 0 saturated heterocycles. The topological polar surface area (TPSA) is 0 Å². The Morgan fingerprint density at radius 3 is 2.00 bits per heavy atom. The minimum atomic E-state index is 0.990. The van der Waals surface area contributed by atoms with Gasteiger partial charge in [-0.15, -0.1) is 0 Å². The molecule has 1 aliphatic carbocycles. The first-order valence-corrected chi connectivity index (χ1v) is 4.67. The molecule has 0 atom stereocenters. The summed E-state index contributed by atoms with van der Waals surface area (Å²) in [5, 5.41) is 0. The zero-order chi connectivity index (χ0) is 5.98. The largest absolute Gasteiger partial charge is 0.0826 e. The molecule has 0 nitrogen and oxygen atoms in total. The molecule has 0 spiro atoms. The van der Waals surface area contributed by atoms with Crippen LogP contribution < -0.4 is 0 Å². The van der Waals surface area contributed by atoms with Crippen molar-refractivity contribution < 1.29 is 0 Å². The molecule has 48 valence electrons. The van der Waals surface area contributed by atoms with Gasteiger partial charge in [0.25, 0.3) is 0 Å². The molecule has 1 fully saturated rings. The van der Waals surface area contributed by atoms with Gasteiger partial charge in [-0.3, -0.25) is 0 Å². The van der Waals surface area contributed by atoms with Crippen LogP contribution in [0, 0.1) is 5.92 Å². The van der Waals surface area contributed by atoms with Crippen molar-refractivity contribution in [3.63, 3.8) is 0 Å². The van der Waals surface area contributed by atoms with Crippen LogP contribution in [0.1, 0.15) is 32.6 Å². The lowest BCUT2D eigenvalue weighted by Crippen LogP contribution is -2.10. The fraction of sp³-hybridized carbons (Fsp3) is 1.00. The molecule has 1 saturated carbocycles. The molecule has 0 aliphatic heterocycles. The minimum absolute atomic E-state index is 0.990. The van der Waals surface area contributed by atoms with E-state index in [9.17, 15) is 0 Å². The van der Waals surface area contributed by atoms with Gasteiger partial charge in [0.1, 0.15) is 0 Å². The summed E-state index contributed by atoms with van der Waals surface area (Å²) in [6.45, 7) is 2.36. The van der Waals surface area contributed by atoms with E-state index in [2.05, 4.69) is 29.5 Å². The Bertz CT molecular complexity index is 52.8. The van der Waals surface area contributed by atoms with Gasteiger partial charge < -0.3 is 0 Å². The average molecular weight is 224 g/mol. The molecule has 0 bridgehead atoms. The summed E-state index contributed by atoms with van der Waals surface area (Å²) in [5.74, 6) is 1.01. The third-order valence-electron chi connectivity index (χ3n) is 1.95. The Balaban J connectivity index is 2.19. The van der Waals surface area contributed by atoms with Crippen molar-refractivity contribution in [2.75, 3.05) is 0 Å². The standard InChI is InChI=1S/C7H13I/c1-6-2-4-7(8)5-3-6/h6-7H,2-5H2,1H3/t6-,7+. The smallest absolute Gasteiger partial charge is 0.0110 e. The molecule has 0 N–H and O–H groups in total. The summed E-state index contributed by atoms with van der Waals surface area (Å²) in [5.41, 5.74) is 0. The Labute approximate surface area is 65.2 Å². The normalized spacial score (nSPS) is 39.8. The van der Waals surface area contributed by atoms with E-state index < -0.39 is 0 Å². The SMILES string of the molecule is C[C@H]1CC[C@@H](I)CC1. The van der Waals surface area contributed by atoms with Gasteiger partial charge in [0.2, 0.25) is 0 Å². The molecular weight excluding hydrogens is 211 g/mol. The van der Waals surface area contributed by atoms with Crippen molar-refractivity contribution in [3.05, 3.63) is 0 Å². The van der Waals surface area contributed by atoms with Crippen molar-refractivity contribution in [3.8, 4) is 0 Å². The van der Waals surface area contributed by atoms with Crippen molar-refractivity contribution in [2.24, 2.45) is 5.92 Å². The number of rotatable bonds is 0. The van der Waals surface area contributed by atoms with E-state index in [-0.39, 0.29) is 0 Å². The Kier molecular flexibility index (Phi) is 2.60. The van der Waals surface area contributed by atoms with Gasteiger partial charge in [-0.05, 0) is 31.6 Å². The lowest BCUT2D eigenvalue weighted by atomic mass is 9.91. The van der Waals surface area contributed by atoms with Crippen LogP contribution in [0.15, 0.2) is 0 Å². The number of hydrogen-bond acceptors (Lipinski definition) is 0. The molecule has 1 heteroatoms. The van der Waals surface area contributed by atoms with E-state index in [1.54, 1.807) is 0 Å². The summed E-state index contributed by atoms with van der Waals surface area (Å²) >= 11 is 2.57. The van der Waals surface area contributed by atoms with Crippen molar-refractivity contribution >= 4 is 22.6 Å². The highest BCUT2D eigenvalue weighted by atomic mass is 127. The van der Waals surface area contributed by atoms with Gasteiger partial charge in [-0.25, -0.2) is 0 Å². The van der Waals surface area contributed by atoms with Crippen LogP contribution in [0.2, 0.25) is 0 Å². The predicted molar refractivity (Wildman–Crippen MR) is 45.4 cm³/mol. The first kappa shape index (κ1) is 6.84. The highest BCUT2D eigenvalue weighted by Gasteiger charge is 2.14. The summed E-state index contributed by atoms with van der Waals surface area (Å²) in [6, 6.07) is 0. The van der Waals surface area contributed by atoms with E-state index in [0.29, 0.717) is 0 Å². The molecule has 0 aromatic carbocycles. The summed E-state index contributed by atoms with van der Waals surface area (Å²) in [4.78, 5) is 0. The highest BCUT2D eigenvalue weighted by Crippen LogP contribution is 2.27. The first-order valence-electron chi connectivity index (χ1n) is 3.43. The maximum Gasteiger partial charge on any atom is 0.0110 e. The monoisotopic (exact) mass is 224 g/mol. The van der Waals surface area contributed by atoms with Crippen LogP contribution in [-0.4, -0.2) is 3.92 Å². The van der Waals surface area contributed by atoms with Crippen LogP contribution in [0.25, 0.3) is 0 Å². The van der Waals surface area contributed by atoms with E-state index >= 15 is 0 Å². The van der Waals surface area contributed by atoms with Crippen LogP contribution in [0.4, 0.5) is 0 Å². The second kappa shape index (κ2) is 3.04. The van der Waals surface area contributed by atoms with Crippen LogP contribution in [0.5, 0.6) is 0 Å². The van der Waals surface area contributed by atoms with Crippen LogP contribution in [0.3, 0.4) is 0 Å². The third-order valence-corrected chi connectivity index (χ3v) is 3.19. The Hall–Kier alpha value is 0.730. The lowest BCUT2D eigenvalue weighted by Gasteiger charge is -2.21. The molecule has 0 amide bonds. The lowest BCUT2D eigenvalue weighted by molar-refractivity contribution is 0.400. The highest BCUT2D eigenvalue weighted by molar-refractivity contribution is 14.1. The van der Waals surface area contributed by atoms with E-state index in [4.69, 9.17) is 0 Å². The van der Waals surface area contributed by atoms with E-state index in [0.717, 1.165) is 9.84 Å². The minimum Gasteiger partial charge on any atom is -0.0826 e. The van der Waals surface area contributed by atoms with Crippen molar-refractivity contribution in [2.45, 2.75) is 36.5 Å². The van der Waals surface area contributed by atoms with Gasteiger partial charge in [-0.2, -0.15) is 0 Å². The van der Waals surface area contributed by atoms with E-state index in [1.165, 1.54) is 25.7 Å². The molecule has 8 heavy (non-hydrogen) atoms. The maximum absolute atomic E-state index is 2.57. The fourth-order valence-corrected chi connectivity index (χ4v) is 1.94. The van der Waals surface area contributed by atoms with Gasteiger partial charge in [0.05, 0.1) is 0 Å². The molecule has 1 rings (SSSR count). The second-order valence-corrected chi connectivity index (χ2v) is 4.62. The molecule has 0 aromatic rings. The summed E-state index contributed by atoms with van der Waals surface area (Å²) < 4.78 is 0.990. The third kappa shape index (κ3) is 1.92. The molecule has 1 aliphatic rings. The molecule has 0 aromatic heterocycles. The zero-order valence-electron chi connectivity index (χ0n) is 5.36. The molecular formula is C7H13I. The average Bonchev–Trinajstić information content (AvgIpc) is 1.77. The van der Waals surface area contributed by atoms with Gasteiger partial charge in [-0.1, -0.05) is 29.5 Å². The Morgan fingerprint density at radius 2 is 1.62 bits per heavy atom. The molecule has 0 heterocycles. The number of alkyl halides is 1. The first-order chi connectivity index (χ1) is 3.79. The zero-order valence-corrected chi connectivity index (χ0v) is 7.52. The maximum atomic E-state index is 2.57. The van der Waals surface area contributed by atoms with Gasteiger partial charge in [0, 0.05) is 3.92 Å². The van der Waals surface area contributed by atoms with E-state index in [1.807, 2.05) is 0 Å². The van der Waals surface area contributed by atoms with Crippen molar-refractivity contribution in [1.82, 2.24) is 0 Å². The summed E-state index contributed by atoms with van der Waals surface area (Å²) in [7, 11) is 0. The number of hydrogen-bond donors (Lipinski definition) is 0. The van der Waals surface area contributed by atoms with Gasteiger partial charge >= 0.3 is 0 Å². The predicted octanol–water partition coefficient (Wildman–Crippen LogP) is 3.00. The number of halogens is 1. The second-order valence-electron chi connectivity index (χ2n) is 2.86. The molecule has 0 unspecified atom stereocenters. The van der Waals surface area contributed by atoms with Crippen LogP contribution >= 0.6 is 22.6 Å². The van der Waals surface area contributed by atoms with Crippen molar-refractivity contribution in [1.29, 1.82) is 0 Å². The van der Waals surface area contributed by atoms with Gasteiger partial charge in [0.15, 0.2) is 0 Å². The fourth-order valence-electron chi connectivity index (χ4n) is 1.22. The summed E-state index contributed by atoms with van der Waals surface area (Å²) in [6.07, 6.45) is 5.85. The van der Waals surface area contributed by atoms with Crippen LogP contribution in [-0.2, 0) is 0 Å².